The highest BCUT2D eigenvalue weighted by Crippen LogP contribution is 2.12. The molecular formula is C15H21BrClNO. The Morgan fingerprint density at radius 3 is 2.00 bits per heavy atom. The van der Waals surface area contributed by atoms with Gasteiger partial charge in [-0.05, 0) is 45.0 Å². The summed E-state index contributed by atoms with van der Waals surface area (Å²) < 4.78 is 1.84. The Hall–Kier alpha value is -0.640. The van der Waals surface area contributed by atoms with Crippen molar-refractivity contribution >= 4 is 21.7 Å². The van der Waals surface area contributed by atoms with Gasteiger partial charge < -0.3 is 12.4 Å². The maximum atomic E-state index is 12.0. The fraction of sp³-hybridized carbons (Fsp3) is 0.400. The van der Waals surface area contributed by atoms with Crippen molar-refractivity contribution in [1.82, 2.24) is 0 Å². The monoisotopic (exact) mass is 345 g/mol. The summed E-state index contributed by atoms with van der Waals surface area (Å²) in [6, 6.07) is 7.47. The van der Waals surface area contributed by atoms with Gasteiger partial charge >= 0.3 is 0 Å². The zero-order chi connectivity index (χ0) is 13.6. The van der Waals surface area contributed by atoms with Crippen molar-refractivity contribution in [2.24, 2.45) is 0 Å². The van der Waals surface area contributed by atoms with E-state index in [-0.39, 0.29) is 18.2 Å². The Bertz CT molecular complexity index is 416. The van der Waals surface area contributed by atoms with Gasteiger partial charge in [-0.25, -0.2) is 0 Å². The van der Waals surface area contributed by atoms with Gasteiger partial charge in [0.1, 0.15) is 0 Å². The van der Waals surface area contributed by atoms with Crippen LogP contribution in [0.5, 0.6) is 0 Å². The number of rotatable bonds is 6. The van der Waals surface area contributed by atoms with E-state index < -0.39 is 0 Å². The molecule has 0 atom stereocenters. The van der Waals surface area contributed by atoms with Crippen LogP contribution in [0.1, 0.15) is 31.1 Å². The number of ketones is 1. The van der Waals surface area contributed by atoms with Crippen LogP contribution in [0.2, 0.25) is 0 Å². The Kier molecular flexibility index (Phi) is 8.23. The van der Waals surface area contributed by atoms with E-state index in [1.807, 2.05) is 30.5 Å². The molecule has 1 aromatic carbocycles. The van der Waals surface area contributed by atoms with E-state index in [1.54, 1.807) is 6.08 Å². The molecule has 2 nitrogen and oxygen atoms in total. The highest BCUT2D eigenvalue weighted by atomic mass is 79.9. The van der Waals surface area contributed by atoms with Crippen LogP contribution in [0.4, 0.5) is 0 Å². The summed E-state index contributed by atoms with van der Waals surface area (Å²) in [4.78, 5) is 12.0. The van der Waals surface area contributed by atoms with Gasteiger partial charge in [0.15, 0.2) is 5.78 Å². The molecule has 0 fully saturated rings. The standard InChI is InChI=1S/C15H21BrNO.ClH/c1-4-17(5-2,6-3)12-11-15(18)13-7-9-14(16)10-8-13;/h7-12H,4-6H2,1-3H3;1H/q+1;/p-1. The zero-order valence-electron chi connectivity index (χ0n) is 11.7. The molecule has 19 heavy (non-hydrogen) atoms. The third kappa shape index (κ3) is 5.09. The topological polar surface area (TPSA) is 17.1 Å². The van der Waals surface area contributed by atoms with Crippen LogP contribution in [-0.4, -0.2) is 29.9 Å². The number of hydrogen-bond acceptors (Lipinski definition) is 1. The normalized spacial score (nSPS) is 11.4. The molecule has 0 bridgehead atoms. The smallest absolute Gasteiger partial charge is 0.191 e. The maximum Gasteiger partial charge on any atom is 0.191 e. The van der Waals surface area contributed by atoms with Gasteiger partial charge in [-0.1, -0.05) is 15.9 Å². The molecule has 0 amide bonds. The van der Waals surface area contributed by atoms with Crippen LogP contribution < -0.4 is 12.4 Å². The summed E-state index contributed by atoms with van der Waals surface area (Å²) in [7, 11) is 0. The van der Waals surface area contributed by atoms with E-state index in [9.17, 15) is 4.79 Å². The van der Waals surface area contributed by atoms with E-state index in [1.165, 1.54) is 0 Å². The Labute approximate surface area is 130 Å². The number of nitrogens with zero attached hydrogens (tertiary/aromatic N) is 1. The first kappa shape index (κ1) is 18.4. The molecule has 0 radical (unpaired) electrons. The van der Waals surface area contributed by atoms with Crippen molar-refractivity contribution in [3.63, 3.8) is 0 Å². The van der Waals surface area contributed by atoms with Crippen molar-refractivity contribution < 1.29 is 21.7 Å². The molecule has 106 valence electrons. The second-order valence-electron chi connectivity index (χ2n) is 4.35. The van der Waals surface area contributed by atoms with Gasteiger partial charge in [-0.15, -0.1) is 0 Å². The minimum Gasteiger partial charge on any atom is -1.00 e. The summed E-state index contributed by atoms with van der Waals surface area (Å²) >= 11 is 3.37. The lowest BCUT2D eigenvalue weighted by atomic mass is 10.1. The highest BCUT2D eigenvalue weighted by molar-refractivity contribution is 9.10. The molecule has 1 rings (SSSR count). The zero-order valence-corrected chi connectivity index (χ0v) is 14.0. The summed E-state index contributed by atoms with van der Waals surface area (Å²) in [6.07, 6.45) is 3.74. The second kappa shape index (κ2) is 8.51. The first-order valence-electron chi connectivity index (χ1n) is 6.41. The van der Waals surface area contributed by atoms with Crippen LogP contribution >= 0.6 is 15.9 Å². The number of carbonyl (C=O) groups is 1. The van der Waals surface area contributed by atoms with Crippen LogP contribution in [0.25, 0.3) is 0 Å². The summed E-state index contributed by atoms with van der Waals surface area (Å²) in [6.45, 7) is 9.50. The summed E-state index contributed by atoms with van der Waals surface area (Å²) in [5.74, 6) is 0.0698. The van der Waals surface area contributed by atoms with Crippen molar-refractivity contribution in [2.45, 2.75) is 20.8 Å². The Morgan fingerprint density at radius 2 is 1.58 bits per heavy atom. The summed E-state index contributed by atoms with van der Waals surface area (Å²) in [5, 5.41) is 0. The van der Waals surface area contributed by atoms with Gasteiger partial charge in [-0.2, -0.15) is 0 Å². The van der Waals surface area contributed by atoms with Crippen molar-refractivity contribution in [1.29, 1.82) is 0 Å². The second-order valence-corrected chi connectivity index (χ2v) is 5.27. The van der Waals surface area contributed by atoms with E-state index >= 15 is 0 Å². The minimum absolute atomic E-state index is 0. The third-order valence-electron chi connectivity index (χ3n) is 3.56. The first-order chi connectivity index (χ1) is 8.56. The van der Waals surface area contributed by atoms with Gasteiger partial charge in [-0.3, -0.25) is 9.28 Å². The number of halogens is 2. The molecule has 0 N–H and O–H groups in total. The number of carbonyl (C=O) groups excluding carboxylic acids is 1. The lowest BCUT2D eigenvalue weighted by Gasteiger charge is -2.31. The van der Waals surface area contributed by atoms with E-state index in [4.69, 9.17) is 0 Å². The highest BCUT2D eigenvalue weighted by Gasteiger charge is 2.17. The van der Waals surface area contributed by atoms with Crippen LogP contribution in [0, 0.1) is 0 Å². The number of quaternary nitrogens is 1. The van der Waals surface area contributed by atoms with Crippen molar-refractivity contribution in [3.8, 4) is 0 Å². The van der Waals surface area contributed by atoms with Crippen LogP contribution in [-0.2, 0) is 0 Å². The molecular weight excluding hydrogens is 326 g/mol. The molecule has 0 saturated carbocycles. The van der Waals surface area contributed by atoms with E-state index in [0.29, 0.717) is 0 Å². The van der Waals surface area contributed by atoms with Gasteiger partial charge in [0.2, 0.25) is 0 Å². The average Bonchev–Trinajstić information content (AvgIpc) is 2.41. The predicted octanol–water partition coefficient (Wildman–Crippen LogP) is 1.03. The average molecular weight is 347 g/mol. The molecule has 0 aliphatic rings. The quantitative estimate of drug-likeness (QED) is 0.427. The van der Waals surface area contributed by atoms with E-state index in [2.05, 4.69) is 36.7 Å². The van der Waals surface area contributed by atoms with Gasteiger partial charge in [0, 0.05) is 16.1 Å². The molecule has 0 heterocycles. The molecule has 0 aromatic heterocycles. The molecule has 0 spiro atoms. The Morgan fingerprint density at radius 1 is 1.11 bits per heavy atom. The Balaban J connectivity index is 0.00000324. The molecule has 0 unspecified atom stereocenters. The third-order valence-corrected chi connectivity index (χ3v) is 4.09. The van der Waals surface area contributed by atoms with Gasteiger partial charge in [0.05, 0.1) is 25.8 Å². The minimum atomic E-state index is 0. The number of benzene rings is 1. The van der Waals surface area contributed by atoms with Gasteiger partial charge in [0.25, 0.3) is 0 Å². The lowest BCUT2D eigenvalue weighted by molar-refractivity contribution is -0.874. The van der Waals surface area contributed by atoms with E-state index in [0.717, 1.165) is 34.2 Å². The summed E-state index contributed by atoms with van der Waals surface area (Å²) in [5.41, 5.74) is 0.732. The molecule has 4 heteroatoms. The predicted molar refractivity (Wildman–Crippen MR) is 79.5 cm³/mol. The fourth-order valence-corrected chi connectivity index (χ4v) is 2.19. The molecule has 0 saturated heterocycles. The van der Waals surface area contributed by atoms with Crippen LogP contribution in [0.15, 0.2) is 41.0 Å². The number of hydrogen-bond donors (Lipinski definition) is 0. The first-order valence-corrected chi connectivity index (χ1v) is 7.21. The van der Waals surface area contributed by atoms with Crippen LogP contribution in [0.3, 0.4) is 0 Å². The molecule has 0 aliphatic heterocycles. The molecule has 0 aliphatic carbocycles. The SMILES string of the molecule is CC[N+](C=CC(=O)c1ccc(Br)cc1)(CC)CC.[Cl-]. The lowest BCUT2D eigenvalue weighted by Crippen LogP contribution is -3.00. The molecule has 1 aromatic rings. The van der Waals surface area contributed by atoms with Crippen molar-refractivity contribution in [2.75, 3.05) is 19.6 Å². The maximum absolute atomic E-state index is 12.0. The fourth-order valence-electron chi connectivity index (χ4n) is 1.92. The largest absolute Gasteiger partial charge is 1.00 e. The number of allylic oxidation sites excluding steroid dienone is 1. The van der Waals surface area contributed by atoms with Crippen molar-refractivity contribution in [3.05, 3.63) is 46.6 Å².